The van der Waals surface area contributed by atoms with Gasteiger partial charge in [-0.1, -0.05) is 6.42 Å². The van der Waals surface area contributed by atoms with E-state index in [1.165, 1.54) is 0 Å². The zero-order valence-electron chi connectivity index (χ0n) is 10.8. The number of carboxylic acids is 1. The topological polar surface area (TPSA) is 116 Å². The van der Waals surface area contributed by atoms with Gasteiger partial charge in [-0.2, -0.15) is 0 Å². The molecule has 0 aromatic rings. The van der Waals surface area contributed by atoms with Crippen LogP contribution in [0.3, 0.4) is 0 Å². The lowest BCUT2D eigenvalue weighted by Crippen LogP contribution is -2.53. The van der Waals surface area contributed by atoms with E-state index in [2.05, 4.69) is 5.32 Å². The van der Waals surface area contributed by atoms with Crippen molar-refractivity contribution in [2.45, 2.75) is 37.5 Å². The highest BCUT2D eigenvalue weighted by atomic mass is 16.4. The standard InChI is InChI=1S/C11H23BN2O4/c1-14-11(10(15)16)6-8(7-13)5-9(11)3-2-4-12(17)18/h8-9,14,17-18H,2-7,13H2,1H3,(H,15,16)/t8-,9-,11-/m0/s1. The van der Waals surface area contributed by atoms with Gasteiger partial charge in [0.2, 0.25) is 0 Å². The molecule has 104 valence electrons. The highest BCUT2D eigenvalue weighted by molar-refractivity contribution is 6.40. The molecule has 1 aliphatic rings. The molecule has 1 aliphatic carbocycles. The number of aliphatic carboxylic acids is 1. The van der Waals surface area contributed by atoms with E-state index >= 15 is 0 Å². The highest BCUT2D eigenvalue weighted by Crippen LogP contribution is 2.42. The van der Waals surface area contributed by atoms with Crippen molar-refractivity contribution >= 4 is 13.1 Å². The van der Waals surface area contributed by atoms with Crippen LogP contribution in [-0.4, -0.2) is 47.4 Å². The second-order valence-corrected chi connectivity index (χ2v) is 5.18. The minimum absolute atomic E-state index is 0.00713. The third-order valence-corrected chi connectivity index (χ3v) is 4.10. The normalized spacial score (nSPS) is 31.6. The molecule has 1 saturated carbocycles. The molecule has 0 unspecified atom stereocenters. The van der Waals surface area contributed by atoms with Crippen LogP contribution in [0.4, 0.5) is 0 Å². The van der Waals surface area contributed by atoms with E-state index < -0.39 is 18.6 Å². The fraction of sp³-hybridized carbons (Fsp3) is 0.909. The van der Waals surface area contributed by atoms with E-state index in [4.69, 9.17) is 15.8 Å². The molecular formula is C11H23BN2O4. The molecule has 6 nitrogen and oxygen atoms in total. The van der Waals surface area contributed by atoms with Crippen LogP contribution < -0.4 is 11.1 Å². The van der Waals surface area contributed by atoms with Gasteiger partial charge >= 0.3 is 13.1 Å². The maximum absolute atomic E-state index is 11.5. The van der Waals surface area contributed by atoms with E-state index in [0.717, 1.165) is 6.42 Å². The maximum Gasteiger partial charge on any atom is 0.451 e. The summed E-state index contributed by atoms with van der Waals surface area (Å²) >= 11 is 0. The average molecular weight is 258 g/mol. The van der Waals surface area contributed by atoms with Crippen molar-refractivity contribution in [2.75, 3.05) is 13.6 Å². The van der Waals surface area contributed by atoms with Crippen molar-refractivity contribution in [1.29, 1.82) is 0 Å². The molecule has 0 saturated heterocycles. The van der Waals surface area contributed by atoms with Crippen LogP contribution in [-0.2, 0) is 4.79 Å². The zero-order chi connectivity index (χ0) is 13.8. The van der Waals surface area contributed by atoms with Crippen LogP contribution in [0.15, 0.2) is 0 Å². The van der Waals surface area contributed by atoms with Gasteiger partial charge in [-0.15, -0.1) is 0 Å². The van der Waals surface area contributed by atoms with Crippen molar-refractivity contribution in [3.8, 4) is 0 Å². The Morgan fingerprint density at radius 3 is 2.67 bits per heavy atom. The first-order valence-electron chi connectivity index (χ1n) is 6.44. The van der Waals surface area contributed by atoms with E-state index in [9.17, 15) is 9.90 Å². The summed E-state index contributed by atoms with van der Waals surface area (Å²) in [7, 11) is 0.353. The zero-order valence-corrected chi connectivity index (χ0v) is 10.8. The van der Waals surface area contributed by atoms with E-state index in [-0.39, 0.29) is 18.2 Å². The molecule has 0 radical (unpaired) electrons. The van der Waals surface area contributed by atoms with Crippen molar-refractivity contribution in [1.82, 2.24) is 5.32 Å². The van der Waals surface area contributed by atoms with Gasteiger partial charge in [0, 0.05) is 0 Å². The van der Waals surface area contributed by atoms with E-state index in [1.807, 2.05) is 0 Å². The van der Waals surface area contributed by atoms with Crippen LogP contribution in [0.5, 0.6) is 0 Å². The minimum atomic E-state index is -1.31. The Balaban J connectivity index is 2.69. The molecule has 0 spiro atoms. The second-order valence-electron chi connectivity index (χ2n) is 5.18. The molecule has 0 heterocycles. The predicted molar refractivity (Wildman–Crippen MR) is 68.9 cm³/mol. The number of likely N-dealkylation sites (N-methyl/N-ethyl adjacent to an activating group) is 1. The molecule has 18 heavy (non-hydrogen) atoms. The Kier molecular flexibility index (Phi) is 5.59. The summed E-state index contributed by atoms with van der Waals surface area (Å²) in [5.74, 6) is -0.625. The van der Waals surface area contributed by atoms with E-state index in [1.54, 1.807) is 7.05 Å². The first-order valence-corrected chi connectivity index (χ1v) is 6.44. The Bertz CT molecular complexity index is 290. The summed E-state index contributed by atoms with van der Waals surface area (Å²) in [6.45, 7) is 0.496. The van der Waals surface area contributed by atoms with Gasteiger partial charge in [0.25, 0.3) is 0 Å². The molecule has 0 aromatic carbocycles. The molecule has 6 N–H and O–H groups in total. The fourth-order valence-electron chi connectivity index (χ4n) is 3.07. The summed E-state index contributed by atoms with van der Waals surface area (Å²) in [5, 5.41) is 30.1. The Morgan fingerprint density at radius 1 is 1.56 bits per heavy atom. The molecule has 0 aliphatic heterocycles. The van der Waals surface area contributed by atoms with Gasteiger partial charge < -0.3 is 26.2 Å². The first-order chi connectivity index (χ1) is 8.46. The van der Waals surface area contributed by atoms with Crippen LogP contribution >= 0.6 is 0 Å². The number of hydrogen-bond donors (Lipinski definition) is 5. The number of nitrogens with two attached hydrogens (primary N) is 1. The molecule has 0 bridgehead atoms. The van der Waals surface area contributed by atoms with Crippen LogP contribution in [0.2, 0.25) is 6.32 Å². The summed E-state index contributed by atoms with van der Waals surface area (Å²) < 4.78 is 0. The Hall–Kier alpha value is -0.625. The number of rotatable bonds is 7. The van der Waals surface area contributed by atoms with E-state index in [0.29, 0.717) is 25.8 Å². The van der Waals surface area contributed by atoms with Gasteiger partial charge in [-0.25, -0.2) is 0 Å². The number of carbonyl (C=O) groups is 1. The van der Waals surface area contributed by atoms with Crippen molar-refractivity contribution in [2.24, 2.45) is 17.6 Å². The molecular weight excluding hydrogens is 235 g/mol. The van der Waals surface area contributed by atoms with Crippen LogP contribution in [0.1, 0.15) is 25.7 Å². The molecule has 7 heteroatoms. The number of carboxylic acid groups (broad SMARTS) is 1. The third-order valence-electron chi connectivity index (χ3n) is 4.10. The maximum atomic E-state index is 11.5. The Labute approximate surface area is 108 Å². The second kappa shape index (κ2) is 6.52. The summed E-state index contributed by atoms with van der Waals surface area (Å²) in [4.78, 5) is 11.5. The van der Waals surface area contributed by atoms with Crippen molar-refractivity contribution in [3.63, 3.8) is 0 Å². The van der Waals surface area contributed by atoms with Gasteiger partial charge in [0.15, 0.2) is 0 Å². The lowest BCUT2D eigenvalue weighted by molar-refractivity contribution is -0.146. The predicted octanol–water partition coefficient (Wildman–Crippen LogP) is -0.733. The van der Waals surface area contributed by atoms with Crippen molar-refractivity contribution < 1.29 is 19.9 Å². The average Bonchev–Trinajstić information content (AvgIpc) is 2.68. The summed E-state index contributed by atoms with van der Waals surface area (Å²) in [6, 6.07) is 0. The lowest BCUT2D eigenvalue weighted by atomic mass is 9.78. The molecule has 3 atom stereocenters. The number of nitrogens with one attached hydrogen (secondary N) is 1. The molecule has 0 amide bonds. The van der Waals surface area contributed by atoms with Gasteiger partial charge in [0.05, 0.1) is 0 Å². The quantitative estimate of drug-likeness (QED) is 0.384. The SMILES string of the molecule is CN[C@@]1(C(=O)O)C[C@@H](CN)C[C@@H]1CCCB(O)O. The first kappa shape index (κ1) is 15.4. The lowest BCUT2D eigenvalue weighted by Gasteiger charge is -2.31. The smallest absolute Gasteiger partial charge is 0.451 e. The number of hydrogen-bond acceptors (Lipinski definition) is 5. The fourth-order valence-corrected chi connectivity index (χ4v) is 3.07. The highest BCUT2D eigenvalue weighted by Gasteiger charge is 2.51. The van der Waals surface area contributed by atoms with Crippen LogP contribution in [0.25, 0.3) is 0 Å². The summed E-state index contributed by atoms with van der Waals surface area (Å²) in [5.41, 5.74) is 4.74. The summed E-state index contributed by atoms with van der Waals surface area (Å²) in [6.07, 6.45) is 2.88. The monoisotopic (exact) mass is 258 g/mol. The Morgan fingerprint density at radius 2 is 2.22 bits per heavy atom. The molecule has 1 rings (SSSR count). The third kappa shape index (κ3) is 3.23. The molecule has 0 aromatic heterocycles. The minimum Gasteiger partial charge on any atom is -0.480 e. The largest absolute Gasteiger partial charge is 0.480 e. The van der Waals surface area contributed by atoms with Crippen molar-refractivity contribution in [3.05, 3.63) is 0 Å². The van der Waals surface area contributed by atoms with Crippen LogP contribution in [0, 0.1) is 11.8 Å². The van der Waals surface area contributed by atoms with Gasteiger partial charge in [-0.05, 0) is 51.0 Å². The molecule has 1 fully saturated rings. The van der Waals surface area contributed by atoms with Gasteiger partial charge in [-0.3, -0.25) is 4.79 Å². The van der Waals surface area contributed by atoms with Gasteiger partial charge in [0.1, 0.15) is 5.54 Å².